The van der Waals surface area contributed by atoms with E-state index in [0.29, 0.717) is 31.7 Å². The number of thiophene rings is 1. The molecule has 0 bridgehead atoms. The van der Waals surface area contributed by atoms with Crippen LogP contribution in [0, 0.1) is 10.1 Å². The highest BCUT2D eigenvalue weighted by Gasteiger charge is 2.29. The maximum atomic E-state index is 13.0. The molecule has 0 N–H and O–H groups in total. The molecule has 1 amide bonds. The van der Waals surface area contributed by atoms with Crippen LogP contribution in [-0.4, -0.2) is 69.9 Å². The largest absolute Gasteiger partial charge is 0.352 e. The summed E-state index contributed by atoms with van der Waals surface area (Å²) in [5, 5.41) is 12.3. The molecule has 34 heavy (non-hydrogen) atoms. The summed E-state index contributed by atoms with van der Waals surface area (Å²) in [6.45, 7) is 9.78. The lowest BCUT2D eigenvalue weighted by molar-refractivity contribution is -0.384. The molecular weight excluding hydrogens is 452 g/mol. The van der Waals surface area contributed by atoms with Gasteiger partial charge in [0.15, 0.2) is 0 Å². The second-order valence-corrected chi connectivity index (χ2v) is 9.79. The molecule has 1 fully saturated rings. The number of aromatic nitrogens is 2. The number of aryl methyl sites for hydroxylation is 1. The van der Waals surface area contributed by atoms with Gasteiger partial charge in [0, 0.05) is 68.3 Å². The van der Waals surface area contributed by atoms with Gasteiger partial charge in [0.1, 0.15) is 16.5 Å². The Morgan fingerprint density at radius 3 is 2.65 bits per heavy atom. The van der Waals surface area contributed by atoms with E-state index in [1.54, 1.807) is 28.4 Å². The van der Waals surface area contributed by atoms with Crippen LogP contribution in [0.3, 0.4) is 0 Å². The van der Waals surface area contributed by atoms with E-state index in [1.165, 1.54) is 28.0 Å². The van der Waals surface area contributed by atoms with Gasteiger partial charge in [-0.1, -0.05) is 19.9 Å². The second kappa shape index (κ2) is 9.27. The summed E-state index contributed by atoms with van der Waals surface area (Å²) in [6.07, 6.45) is 1.79. The number of piperazine rings is 1. The summed E-state index contributed by atoms with van der Waals surface area (Å²) < 4.78 is 0. The molecule has 0 saturated carbocycles. The minimum atomic E-state index is -0.471. The van der Waals surface area contributed by atoms with Crippen LogP contribution in [0.15, 0.2) is 24.3 Å². The molecule has 2 aliphatic rings. The van der Waals surface area contributed by atoms with Crippen molar-refractivity contribution in [3.63, 3.8) is 0 Å². The van der Waals surface area contributed by atoms with Crippen LogP contribution in [0.25, 0.3) is 10.2 Å². The van der Waals surface area contributed by atoms with Crippen LogP contribution in [0.1, 0.15) is 40.5 Å². The Hall–Kier alpha value is -3.11. The number of benzene rings is 1. The zero-order chi connectivity index (χ0) is 23.8. The predicted octanol–water partition coefficient (Wildman–Crippen LogP) is 3.50. The third-order valence-corrected chi connectivity index (χ3v) is 7.85. The molecule has 178 valence electrons. The van der Waals surface area contributed by atoms with E-state index in [4.69, 9.17) is 9.97 Å². The number of carbonyl (C=O) groups excluding carboxylic acids is 1. The number of nitro groups is 1. The number of hydrogen-bond acceptors (Lipinski definition) is 8. The summed E-state index contributed by atoms with van der Waals surface area (Å²) >= 11 is 1.79. The third kappa shape index (κ3) is 4.12. The molecular formula is C24H28N6O3S. The molecule has 1 aromatic carbocycles. The molecule has 2 aromatic heterocycles. The Bertz CT molecular complexity index is 1250. The van der Waals surface area contributed by atoms with Crippen molar-refractivity contribution in [2.75, 3.05) is 44.2 Å². The monoisotopic (exact) mass is 480 g/mol. The fraction of sp³-hybridized carbons (Fsp3) is 0.458. The van der Waals surface area contributed by atoms with Crippen LogP contribution < -0.4 is 4.90 Å². The molecule has 0 aliphatic carbocycles. The molecule has 0 spiro atoms. The number of likely N-dealkylation sites (N-methyl/N-ethyl adjacent to an activating group) is 1. The highest BCUT2D eigenvalue weighted by Crippen LogP contribution is 2.39. The summed E-state index contributed by atoms with van der Waals surface area (Å²) in [7, 11) is 0. The van der Waals surface area contributed by atoms with Crippen molar-refractivity contribution in [3.05, 3.63) is 56.2 Å². The van der Waals surface area contributed by atoms with E-state index >= 15 is 0 Å². The van der Waals surface area contributed by atoms with Crippen molar-refractivity contribution in [3.8, 4) is 0 Å². The van der Waals surface area contributed by atoms with Gasteiger partial charge in [-0.25, -0.2) is 9.97 Å². The van der Waals surface area contributed by atoms with Gasteiger partial charge in [-0.3, -0.25) is 19.8 Å². The van der Waals surface area contributed by atoms with Gasteiger partial charge in [-0.05, 0) is 24.6 Å². The first-order valence-corrected chi connectivity index (χ1v) is 12.6. The fourth-order valence-electron chi connectivity index (χ4n) is 4.78. The molecule has 1 saturated heterocycles. The van der Waals surface area contributed by atoms with Crippen LogP contribution in [0.5, 0.6) is 0 Å². The van der Waals surface area contributed by atoms with Crippen molar-refractivity contribution < 1.29 is 9.72 Å². The number of nitrogens with zero attached hydrogens (tertiary/aromatic N) is 6. The molecule has 9 nitrogen and oxygen atoms in total. The van der Waals surface area contributed by atoms with Gasteiger partial charge < -0.3 is 9.80 Å². The van der Waals surface area contributed by atoms with E-state index in [9.17, 15) is 14.9 Å². The highest BCUT2D eigenvalue weighted by molar-refractivity contribution is 7.19. The van der Waals surface area contributed by atoms with Gasteiger partial charge in [-0.2, -0.15) is 0 Å². The topological polar surface area (TPSA) is 95.7 Å². The minimum Gasteiger partial charge on any atom is -0.352 e. The van der Waals surface area contributed by atoms with E-state index in [0.717, 1.165) is 48.9 Å². The molecule has 5 rings (SSSR count). The second-order valence-electron chi connectivity index (χ2n) is 8.71. The average Bonchev–Trinajstić information content (AvgIpc) is 3.25. The molecule has 2 aliphatic heterocycles. The zero-order valence-electron chi connectivity index (χ0n) is 19.5. The lowest BCUT2D eigenvalue weighted by atomic mass is 10.0. The molecule has 10 heteroatoms. The van der Waals surface area contributed by atoms with Crippen molar-refractivity contribution in [1.82, 2.24) is 19.8 Å². The zero-order valence-corrected chi connectivity index (χ0v) is 20.3. The van der Waals surface area contributed by atoms with Crippen molar-refractivity contribution >= 4 is 39.0 Å². The van der Waals surface area contributed by atoms with Gasteiger partial charge in [0.2, 0.25) is 0 Å². The van der Waals surface area contributed by atoms with E-state index in [-0.39, 0.29) is 11.6 Å². The summed E-state index contributed by atoms with van der Waals surface area (Å²) in [6, 6.07) is 5.96. The normalized spacial score (nSPS) is 16.6. The quantitative estimate of drug-likeness (QED) is 0.407. The van der Waals surface area contributed by atoms with Gasteiger partial charge in [0.25, 0.3) is 11.6 Å². The van der Waals surface area contributed by atoms with Crippen molar-refractivity contribution in [2.24, 2.45) is 0 Å². The summed E-state index contributed by atoms with van der Waals surface area (Å²) in [5.41, 5.74) is 1.68. The van der Waals surface area contributed by atoms with Crippen LogP contribution in [-0.2, 0) is 19.4 Å². The Balaban J connectivity index is 1.39. The number of anilines is 1. The maximum absolute atomic E-state index is 13.0. The number of hydrogen-bond donors (Lipinski definition) is 0. The number of non-ortho nitro benzene ring substituents is 1. The number of rotatable bonds is 5. The van der Waals surface area contributed by atoms with Crippen LogP contribution in [0.4, 0.5) is 11.5 Å². The van der Waals surface area contributed by atoms with E-state index < -0.39 is 4.92 Å². The third-order valence-electron chi connectivity index (χ3n) is 6.74. The standard InChI is InChI=1S/C24H28N6O3S/c1-3-20-25-22(21-18-8-9-27(4-2)15-19(18)34-23(21)26-20)28-10-12-29(13-11-28)24(31)16-6-5-7-17(14-16)30(32)33/h5-7,14H,3-4,8-13,15H2,1-2H3. The molecule has 3 aromatic rings. The van der Waals surface area contributed by atoms with Crippen LogP contribution >= 0.6 is 11.3 Å². The van der Waals surface area contributed by atoms with Crippen molar-refractivity contribution in [1.29, 1.82) is 0 Å². The Kier molecular flexibility index (Phi) is 6.18. The smallest absolute Gasteiger partial charge is 0.270 e. The van der Waals surface area contributed by atoms with E-state index in [2.05, 4.69) is 23.6 Å². The SMILES string of the molecule is CCc1nc(N2CCN(C(=O)c3cccc([N+](=O)[O-])c3)CC2)c2c3c(sc2n1)CN(CC)CC3. The van der Waals surface area contributed by atoms with Gasteiger partial charge in [-0.15, -0.1) is 11.3 Å². The maximum Gasteiger partial charge on any atom is 0.270 e. The Labute approximate surface area is 202 Å². The fourth-order valence-corrected chi connectivity index (χ4v) is 6.06. The van der Waals surface area contributed by atoms with Crippen LogP contribution in [0.2, 0.25) is 0 Å². The first kappa shape index (κ1) is 22.7. The molecule has 0 atom stereocenters. The Morgan fingerprint density at radius 2 is 1.94 bits per heavy atom. The number of carbonyl (C=O) groups is 1. The average molecular weight is 481 g/mol. The van der Waals surface area contributed by atoms with Gasteiger partial charge in [0.05, 0.1) is 10.3 Å². The molecule has 0 unspecified atom stereocenters. The number of nitro benzene ring substituents is 1. The lowest BCUT2D eigenvalue weighted by Gasteiger charge is -2.36. The number of amides is 1. The first-order valence-electron chi connectivity index (χ1n) is 11.8. The predicted molar refractivity (Wildman–Crippen MR) is 133 cm³/mol. The van der Waals surface area contributed by atoms with Gasteiger partial charge >= 0.3 is 0 Å². The summed E-state index contributed by atoms with van der Waals surface area (Å²) in [4.78, 5) is 42.4. The summed E-state index contributed by atoms with van der Waals surface area (Å²) in [5.74, 6) is 1.67. The van der Waals surface area contributed by atoms with E-state index in [1.807, 2.05) is 0 Å². The lowest BCUT2D eigenvalue weighted by Crippen LogP contribution is -2.49. The molecule has 0 radical (unpaired) electrons. The van der Waals surface area contributed by atoms with Crippen molar-refractivity contribution in [2.45, 2.75) is 33.2 Å². The number of fused-ring (bicyclic) bond motifs is 3. The highest BCUT2D eigenvalue weighted by atomic mass is 32.1. The molecule has 4 heterocycles. The minimum absolute atomic E-state index is 0.0659. The first-order chi connectivity index (χ1) is 16.5. The Morgan fingerprint density at radius 1 is 1.15 bits per heavy atom.